The highest BCUT2D eigenvalue weighted by Crippen LogP contribution is 2.29. The Hall–Kier alpha value is -1.72. The monoisotopic (exact) mass is 315 g/mol. The van der Waals surface area contributed by atoms with Crippen LogP contribution in [-0.4, -0.2) is 39.3 Å². The van der Waals surface area contributed by atoms with Gasteiger partial charge in [0.15, 0.2) is 0 Å². The highest BCUT2D eigenvalue weighted by molar-refractivity contribution is 5.58. The van der Waals surface area contributed by atoms with Gasteiger partial charge >= 0.3 is 0 Å². The van der Waals surface area contributed by atoms with Crippen LogP contribution >= 0.6 is 0 Å². The average Bonchev–Trinajstić information content (AvgIpc) is 3.04. The number of nitrogens with zero attached hydrogens (tertiary/aromatic N) is 3. The maximum Gasteiger partial charge on any atom is 0.244 e. The molecule has 5 heteroatoms. The maximum atomic E-state index is 9.72. The molecule has 3 rings (SSSR count). The van der Waals surface area contributed by atoms with Crippen molar-refractivity contribution in [3.05, 3.63) is 35.7 Å². The van der Waals surface area contributed by atoms with Crippen molar-refractivity contribution in [2.75, 3.05) is 13.1 Å². The van der Waals surface area contributed by atoms with E-state index < -0.39 is 0 Å². The Bertz CT molecular complexity index is 645. The van der Waals surface area contributed by atoms with Gasteiger partial charge in [0, 0.05) is 5.56 Å². The Kier molecular flexibility index (Phi) is 4.78. The lowest BCUT2D eigenvalue weighted by atomic mass is 9.91. The molecule has 1 aromatic carbocycles. The minimum atomic E-state index is -0.219. The number of rotatable bonds is 4. The van der Waals surface area contributed by atoms with E-state index in [9.17, 15) is 5.11 Å². The van der Waals surface area contributed by atoms with Gasteiger partial charge in [0.05, 0.1) is 12.1 Å². The normalized spacial score (nSPS) is 19.7. The molecule has 0 saturated carbocycles. The van der Waals surface area contributed by atoms with Gasteiger partial charge in [0.25, 0.3) is 0 Å². The maximum absolute atomic E-state index is 9.72. The molecule has 0 bridgehead atoms. The molecule has 1 saturated heterocycles. The van der Waals surface area contributed by atoms with Gasteiger partial charge < -0.3 is 9.63 Å². The van der Waals surface area contributed by atoms with E-state index in [1.54, 1.807) is 0 Å². The molecule has 2 aromatic rings. The van der Waals surface area contributed by atoms with Crippen molar-refractivity contribution < 1.29 is 9.63 Å². The highest BCUT2D eigenvalue weighted by Gasteiger charge is 2.28. The number of piperidine rings is 1. The second kappa shape index (κ2) is 6.81. The number of aliphatic hydroxyl groups excluding tert-OH is 1. The number of likely N-dealkylation sites (tertiary alicyclic amines) is 1. The van der Waals surface area contributed by atoms with Crippen molar-refractivity contribution in [1.82, 2.24) is 15.0 Å². The van der Waals surface area contributed by atoms with E-state index >= 15 is 0 Å². The van der Waals surface area contributed by atoms with Crippen LogP contribution in [0.3, 0.4) is 0 Å². The lowest BCUT2D eigenvalue weighted by molar-refractivity contribution is 0.0524. The number of aromatic nitrogens is 2. The predicted molar refractivity (Wildman–Crippen MR) is 88.9 cm³/mol. The smallest absolute Gasteiger partial charge is 0.244 e. The van der Waals surface area contributed by atoms with Crippen LogP contribution in [0.25, 0.3) is 11.4 Å². The lowest BCUT2D eigenvalue weighted by Crippen LogP contribution is -2.38. The molecular weight excluding hydrogens is 290 g/mol. The minimum absolute atomic E-state index is 0.107. The van der Waals surface area contributed by atoms with E-state index in [0.717, 1.165) is 37.1 Å². The zero-order valence-corrected chi connectivity index (χ0v) is 14.1. The standard InChI is InChI=1S/C18H25N3O2/c1-12-6-4-5-7-16(12)17-19-18(23-20-17)13(2)21-10-8-15(9-11-21)14(3)22/h4-7,13-15,22H,8-11H2,1-3H3. The topological polar surface area (TPSA) is 62.4 Å². The third-order valence-corrected chi connectivity index (χ3v) is 4.99. The SMILES string of the molecule is Cc1ccccc1-c1noc(C(C)N2CCC(C(C)O)CC2)n1. The molecule has 1 N–H and O–H groups in total. The molecule has 0 aliphatic carbocycles. The molecule has 5 nitrogen and oxygen atoms in total. The van der Waals surface area contributed by atoms with E-state index in [1.165, 1.54) is 0 Å². The van der Waals surface area contributed by atoms with E-state index in [0.29, 0.717) is 17.6 Å². The molecule has 0 amide bonds. The first kappa shape index (κ1) is 16.1. The minimum Gasteiger partial charge on any atom is -0.393 e. The number of benzene rings is 1. The van der Waals surface area contributed by atoms with Crippen LogP contribution in [0.5, 0.6) is 0 Å². The van der Waals surface area contributed by atoms with Crippen molar-refractivity contribution in [1.29, 1.82) is 0 Å². The van der Waals surface area contributed by atoms with Gasteiger partial charge in [0.2, 0.25) is 11.7 Å². The Morgan fingerprint density at radius 2 is 1.91 bits per heavy atom. The van der Waals surface area contributed by atoms with Crippen LogP contribution in [0, 0.1) is 12.8 Å². The highest BCUT2D eigenvalue weighted by atomic mass is 16.5. The summed E-state index contributed by atoms with van der Waals surface area (Å²) in [5.74, 6) is 1.73. The summed E-state index contributed by atoms with van der Waals surface area (Å²) in [7, 11) is 0. The van der Waals surface area contributed by atoms with Crippen molar-refractivity contribution in [2.24, 2.45) is 5.92 Å². The molecule has 1 aliphatic heterocycles. The second-order valence-corrected chi connectivity index (χ2v) is 6.56. The number of hydrogen-bond donors (Lipinski definition) is 1. The van der Waals surface area contributed by atoms with Gasteiger partial charge in [-0.2, -0.15) is 4.98 Å². The summed E-state index contributed by atoms with van der Waals surface area (Å²) in [4.78, 5) is 6.96. The number of aliphatic hydroxyl groups is 1. The van der Waals surface area contributed by atoms with Crippen LogP contribution < -0.4 is 0 Å². The third kappa shape index (κ3) is 3.46. The summed E-state index contributed by atoms with van der Waals surface area (Å²) in [6, 6.07) is 8.17. The van der Waals surface area contributed by atoms with Crippen LogP contribution in [-0.2, 0) is 0 Å². The molecule has 0 radical (unpaired) electrons. The molecule has 1 fully saturated rings. The Labute approximate surface area is 137 Å². The largest absolute Gasteiger partial charge is 0.393 e. The van der Waals surface area contributed by atoms with E-state index in [1.807, 2.05) is 25.1 Å². The molecule has 1 aromatic heterocycles. The van der Waals surface area contributed by atoms with Crippen LogP contribution in [0.1, 0.15) is 44.2 Å². The van der Waals surface area contributed by atoms with Crippen LogP contribution in [0.4, 0.5) is 0 Å². The van der Waals surface area contributed by atoms with Gasteiger partial charge in [-0.15, -0.1) is 0 Å². The van der Waals surface area contributed by atoms with Crippen molar-refractivity contribution >= 4 is 0 Å². The summed E-state index contributed by atoms with van der Waals surface area (Å²) < 4.78 is 5.51. The molecule has 2 atom stereocenters. The summed E-state index contributed by atoms with van der Waals surface area (Å²) in [6.07, 6.45) is 1.81. The van der Waals surface area contributed by atoms with Gasteiger partial charge in [-0.25, -0.2) is 0 Å². The molecule has 2 unspecified atom stereocenters. The van der Waals surface area contributed by atoms with Crippen LogP contribution in [0.2, 0.25) is 0 Å². The summed E-state index contributed by atoms with van der Waals surface area (Å²) >= 11 is 0. The Morgan fingerprint density at radius 3 is 2.57 bits per heavy atom. The first-order valence-electron chi connectivity index (χ1n) is 8.38. The predicted octanol–water partition coefficient (Wildman–Crippen LogP) is 3.20. The zero-order chi connectivity index (χ0) is 16.4. The Morgan fingerprint density at radius 1 is 1.22 bits per heavy atom. The molecule has 124 valence electrons. The summed E-state index contributed by atoms with van der Waals surface area (Å²) in [5, 5.41) is 13.9. The molecular formula is C18H25N3O2. The quantitative estimate of drug-likeness (QED) is 0.939. The average molecular weight is 315 g/mol. The molecule has 0 spiro atoms. The fraction of sp³-hybridized carbons (Fsp3) is 0.556. The second-order valence-electron chi connectivity index (χ2n) is 6.56. The first-order valence-corrected chi connectivity index (χ1v) is 8.38. The van der Waals surface area contributed by atoms with Crippen molar-refractivity contribution in [3.63, 3.8) is 0 Å². The van der Waals surface area contributed by atoms with Crippen LogP contribution in [0.15, 0.2) is 28.8 Å². The van der Waals surface area contributed by atoms with E-state index in [-0.39, 0.29) is 12.1 Å². The van der Waals surface area contributed by atoms with E-state index in [4.69, 9.17) is 4.52 Å². The van der Waals surface area contributed by atoms with Crippen molar-refractivity contribution in [2.45, 2.75) is 45.8 Å². The first-order chi connectivity index (χ1) is 11.1. The molecule has 23 heavy (non-hydrogen) atoms. The summed E-state index contributed by atoms with van der Waals surface area (Å²) in [6.45, 7) is 7.96. The Balaban J connectivity index is 1.70. The fourth-order valence-corrected chi connectivity index (χ4v) is 3.28. The fourth-order valence-electron chi connectivity index (χ4n) is 3.28. The molecule has 2 heterocycles. The van der Waals surface area contributed by atoms with Gasteiger partial charge in [0.1, 0.15) is 0 Å². The third-order valence-electron chi connectivity index (χ3n) is 4.99. The zero-order valence-electron chi connectivity index (χ0n) is 14.1. The lowest BCUT2D eigenvalue weighted by Gasteiger charge is -2.35. The van der Waals surface area contributed by atoms with Gasteiger partial charge in [-0.3, -0.25) is 4.90 Å². The molecule has 1 aliphatic rings. The number of aryl methyl sites for hydroxylation is 1. The van der Waals surface area contributed by atoms with Gasteiger partial charge in [-0.1, -0.05) is 29.4 Å². The summed E-state index contributed by atoms with van der Waals surface area (Å²) in [5.41, 5.74) is 2.16. The number of hydrogen-bond acceptors (Lipinski definition) is 5. The van der Waals surface area contributed by atoms with Gasteiger partial charge in [-0.05, 0) is 58.2 Å². The van der Waals surface area contributed by atoms with E-state index in [2.05, 4.69) is 35.0 Å². The van der Waals surface area contributed by atoms with Crippen molar-refractivity contribution in [3.8, 4) is 11.4 Å².